The Morgan fingerprint density at radius 2 is 1.00 bits per heavy atom. The van der Waals surface area contributed by atoms with E-state index in [0.29, 0.717) is 0 Å². The van der Waals surface area contributed by atoms with E-state index >= 15 is 0 Å². The second-order valence-electron chi connectivity index (χ2n) is 6.39. The second kappa shape index (κ2) is 15.8. The molecule has 3 heteroatoms. The molecule has 0 bridgehead atoms. The van der Waals surface area contributed by atoms with Gasteiger partial charge >= 0.3 is 0 Å². The van der Waals surface area contributed by atoms with Gasteiger partial charge in [0.15, 0.2) is 0 Å². The maximum atomic E-state index is 3.63. The number of nitrogens with zero attached hydrogens (tertiary/aromatic N) is 1. The van der Waals surface area contributed by atoms with E-state index in [1.807, 2.05) is 0 Å². The summed E-state index contributed by atoms with van der Waals surface area (Å²) in [5.74, 6) is 0. The zero-order valence-corrected chi connectivity index (χ0v) is 17.7. The highest BCUT2D eigenvalue weighted by molar-refractivity contribution is 9.09. The predicted octanol–water partition coefficient (Wildman–Crippen LogP) is 6.53. The zero-order valence-electron chi connectivity index (χ0n) is 14.5. The molecule has 0 aromatic rings. The number of rotatable bonds is 16. The molecule has 0 saturated carbocycles. The Kier molecular flexibility index (Phi) is 16.5. The number of unbranched alkanes of at least 4 members (excludes halogenated alkanes) is 9. The van der Waals surface area contributed by atoms with Gasteiger partial charge in [-0.15, -0.1) is 0 Å². The lowest BCUT2D eigenvalue weighted by Crippen LogP contribution is -2.51. The number of hydrogen-bond acceptors (Lipinski definition) is 0. The molecule has 0 amide bonds. The van der Waals surface area contributed by atoms with Gasteiger partial charge < -0.3 is 4.48 Å². The highest BCUT2D eigenvalue weighted by Gasteiger charge is 2.22. The van der Waals surface area contributed by atoms with E-state index in [-0.39, 0.29) is 0 Å². The van der Waals surface area contributed by atoms with Crippen molar-refractivity contribution in [3.05, 3.63) is 0 Å². The van der Waals surface area contributed by atoms with Crippen molar-refractivity contribution in [1.29, 1.82) is 0 Å². The summed E-state index contributed by atoms with van der Waals surface area (Å²) in [7, 11) is 0. The normalized spacial score (nSPS) is 12.0. The largest absolute Gasteiger partial charge is 0.322 e. The first kappa shape index (κ1) is 21.9. The van der Waals surface area contributed by atoms with Crippen molar-refractivity contribution in [2.24, 2.45) is 0 Å². The molecule has 1 nitrogen and oxygen atoms in total. The monoisotopic (exact) mass is 426 g/mol. The van der Waals surface area contributed by atoms with Crippen LogP contribution in [0.15, 0.2) is 0 Å². The van der Waals surface area contributed by atoms with Crippen LogP contribution in [0, 0.1) is 0 Å². The summed E-state index contributed by atoms with van der Waals surface area (Å²) in [6, 6.07) is 0. The zero-order chi connectivity index (χ0) is 15.8. The van der Waals surface area contributed by atoms with Crippen LogP contribution in [0.1, 0.15) is 78.1 Å². The minimum Gasteiger partial charge on any atom is -0.322 e. The molecule has 0 aliphatic rings. The van der Waals surface area contributed by atoms with Crippen LogP contribution in [-0.2, 0) is 0 Å². The summed E-state index contributed by atoms with van der Waals surface area (Å²) in [4.78, 5) is 0. The van der Waals surface area contributed by atoms with Gasteiger partial charge in [-0.2, -0.15) is 0 Å². The summed E-state index contributed by atoms with van der Waals surface area (Å²) in [6.07, 6.45) is 14.4. The Morgan fingerprint density at radius 3 is 1.38 bits per heavy atom. The lowest BCUT2D eigenvalue weighted by molar-refractivity contribution is -0.922. The predicted molar refractivity (Wildman–Crippen MR) is 105 cm³/mol. The Balaban J connectivity index is 3.57. The van der Waals surface area contributed by atoms with E-state index in [1.54, 1.807) is 0 Å². The topological polar surface area (TPSA) is 0 Å². The molecule has 128 valence electrons. The third kappa shape index (κ3) is 12.1. The van der Waals surface area contributed by atoms with Gasteiger partial charge in [0.2, 0.25) is 0 Å². The molecular weight excluding hydrogens is 390 g/mol. The Morgan fingerprint density at radius 1 is 0.571 bits per heavy atom. The maximum absolute atomic E-state index is 3.63. The minimum absolute atomic E-state index is 1.13. The molecule has 0 aliphatic carbocycles. The molecule has 0 saturated heterocycles. The molecular formula is C18H38Br2N+. The van der Waals surface area contributed by atoms with Gasteiger partial charge in [0.25, 0.3) is 0 Å². The van der Waals surface area contributed by atoms with Crippen LogP contribution in [0.5, 0.6) is 0 Å². The SMILES string of the molecule is CCCCCCCCCCCC[N+](CC)(CCBr)CCBr. The maximum Gasteiger partial charge on any atom is 0.0885 e. The van der Waals surface area contributed by atoms with Gasteiger partial charge in [0.05, 0.1) is 36.8 Å². The van der Waals surface area contributed by atoms with E-state index in [2.05, 4.69) is 45.7 Å². The van der Waals surface area contributed by atoms with Crippen LogP contribution in [0.2, 0.25) is 0 Å². The van der Waals surface area contributed by atoms with Crippen LogP contribution >= 0.6 is 31.9 Å². The van der Waals surface area contributed by atoms with E-state index in [9.17, 15) is 0 Å². The highest BCUT2D eigenvalue weighted by atomic mass is 79.9. The van der Waals surface area contributed by atoms with Gasteiger partial charge in [-0.25, -0.2) is 0 Å². The first-order valence-electron chi connectivity index (χ1n) is 9.21. The fourth-order valence-electron chi connectivity index (χ4n) is 3.10. The van der Waals surface area contributed by atoms with E-state index in [0.717, 1.165) is 10.7 Å². The fourth-order valence-corrected chi connectivity index (χ4v) is 4.61. The molecule has 0 unspecified atom stereocenters. The molecule has 0 aliphatic heterocycles. The Bertz CT molecular complexity index is 203. The standard InChI is InChI=1S/C18H38Br2N/c1-3-5-6-7-8-9-10-11-12-13-16-21(4-2,17-14-19)18-15-20/h3-18H2,1-2H3/q+1. The van der Waals surface area contributed by atoms with Gasteiger partial charge in [-0.3, -0.25) is 0 Å². The minimum atomic E-state index is 1.13. The van der Waals surface area contributed by atoms with Crippen molar-refractivity contribution < 1.29 is 4.48 Å². The summed E-state index contributed by atoms with van der Waals surface area (Å²) in [5.41, 5.74) is 0. The lowest BCUT2D eigenvalue weighted by atomic mass is 10.1. The number of quaternary nitrogens is 1. The molecule has 0 radical (unpaired) electrons. The van der Waals surface area contributed by atoms with Crippen molar-refractivity contribution >= 4 is 31.9 Å². The summed E-state index contributed by atoms with van der Waals surface area (Å²) in [5, 5.41) is 2.26. The molecule has 0 aromatic heterocycles. The quantitative estimate of drug-likeness (QED) is 0.149. The fraction of sp³-hybridized carbons (Fsp3) is 1.00. The van der Waals surface area contributed by atoms with Gasteiger partial charge in [-0.1, -0.05) is 90.2 Å². The Hall–Kier alpha value is 0.920. The number of halogens is 2. The summed E-state index contributed by atoms with van der Waals surface area (Å²) < 4.78 is 1.29. The molecule has 0 heterocycles. The molecule has 0 atom stereocenters. The van der Waals surface area contributed by atoms with E-state index in [4.69, 9.17) is 0 Å². The second-order valence-corrected chi connectivity index (χ2v) is 7.97. The van der Waals surface area contributed by atoms with Crippen molar-refractivity contribution in [3.8, 4) is 0 Å². The molecule has 0 aromatic carbocycles. The van der Waals surface area contributed by atoms with Crippen molar-refractivity contribution in [3.63, 3.8) is 0 Å². The van der Waals surface area contributed by atoms with Gasteiger partial charge in [0, 0.05) is 0 Å². The first-order chi connectivity index (χ1) is 10.2. The smallest absolute Gasteiger partial charge is 0.0885 e. The Labute approximate surface area is 151 Å². The molecule has 0 rings (SSSR count). The van der Waals surface area contributed by atoms with Crippen molar-refractivity contribution in [2.75, 3.05) is 36.8 Å². The molecule has 21 heavy (non-hydrogen) atoms. The summed E-state index contributed by atoms with van der Waals surface area (Å²) >= 11 is 7.27. The average molecular weight is 428 g/mol. The van der Waals surface area contributed by atoms with Gasteiger partial charge in [-0.05, 0) is 19.8 Å². The van der Waals surface area contributed by atoms with E-state index in [1.165, 1.54) is 94.9 Å². The third-order valence-corrected chi connectivity index (χ3v) is 5.48. The molecule has 0 fully saturated rings. The van der Waals surface area contributed by atoms with Crippen LogP contribution in [0.4, 0.5) is 0 Å². The van der Waals surface area contributed by atoms with E-state index < -0.39 is 0 Å². The van der Waals surface area contributed by atoms with Crippen LogP contribution < -0.4 is 0 Å². The van der Waals surface area contributed by atoms with Crippen LogP contribution in [0.25, 0.3) is 0 Å². The first-order valence-corrected chi connectivity index (χ1v) is 11.5. The summed E-state index contributed by atoms with van der Waals surface area (Å²) in [6.45, 7) is 9.83. The van der Waals surface area contributed by atoms with Crippen LogP contribution in [0.3, 0.4) is 0 Å². The van der Waals surface area contributed by atoms with Crippen LogP contribution in [-0.4, -0.2) is 41.3 Å². The third-order valence-electron chi connectivity index (χ3n) is 4.77. The molecule has 0 spiro atoms. The average Bonchev–Trinajstić information content (AvgIpc) is 2.49. The lowest BCUT2D eigenvalue weighted by Gasteiger charge is -2.37. The van der Waals surface area contributed by atoms with Crippen molar-refractivity contribution in [2.45, 2.75) is 78.1 Å². The number of hydrogen-bond donors (Lipinski definition) is 0. The number of alkyl halides is 2. The van der Waals surface area contributed by atoms with Gasteiger partial charge in [0.1, 0.15) is 0 Å². The van der Waals surface area contributed by atoms with Crippen molar-refractivity contribution in [1.82, 2.24) is 0 Å². The molecule has 0 N–H and O–H groups in total. The highest BCUT2D eigenvalue weighted by Crippen LogP contribution is 2.14.